The molecule has 0 aromatic heterocycles. The number of alkyl halides is 4. The van der Waals surface area contributed by atoms with E-state index >= 15 is 0 Å². The van der Waals surface area contributed by atoms with Crippen LogP contribution in [0.1, 0.15) is 36.2 Å². The molecule has 1 amide bonds. The minimum atomic E-state index is -4.59. The van der Waals surface area contributed by atoms with Crippen molar-refractivity contribution in [1.82, 2.24) is 5.32 Å². The Hall–Kier alpha value is -0.750. The molecule has 1 rings (SSSR count). The van der Waals surface area contributed by atoms with Gasteiger partial charge < -0.3 is 5.32 Å². The third-order valence-corrected chi connectivity index (χ3v) is 3.39. The minimum Gasteiger partial charge on any atom is -0.347 e. The van der Waals surface area contributed by atoms with Gasteiger partial charge in [0.15, 0.2) is 0 Å². The van der Waals surface area contributed by atoms with Crippen molar-refractivity contribution in [2.45, 2.75) is 32.0 Å². The zero-order valence-corrected chi connectivity index (χ0v) is 13.3. The Morgan fingerprint density at radius 3 is 2.45 bits per heavy atom. The van der Waals surface area contributed by atoms with E-state index in [0.717, 1.165) is 12.1 Å². The number of rotatable bonds is 4. The first-order valence-electron chi connectivity index (χ1n) is 5.82. The van der Waals surface area contributed by atoms with Crippen molar-refractivity contribution in [3.8, 4) is 0 Å². The molecule has 1 N–H and O–H groups in total. The van der Waals surface area contributed by atoms with Gasteiger partial charge in [-0.1, -0.05) is 15.9 Å². The van der Waals surface area contributed by atoms with Crippen molar-refractivity contribution in [3.05, 3.63) is 33.8 Å². The SMILES string of the molecule is CC(C)(CCCl)NC(=O)c1ccc(Br)cc1C(F)(F)F. The molecule has 0 spiro atoms. The van der Waals surface area contributed by atoms with Crippen LogP contribution in [-0.4, -0.2) is 17.3 Å². The first-order valence-corrected chi connectivity index (χ1v) is 7.15. The van der Waals surface area contributed by atoms with E-state index in [4.69, 9.17) is 11.6 Å². The molecule has 0 aliphatic carbocycles. The van der Waals surface area contributed by atoms with Gasteiger partial charge in [-0.2, -0.15) is 13.2 Å². The average Bonchev–Trinajstić information content (AvgIpc) is 2.26. The van der Waals surface area contributed by atoms with Gasteiger partial charge in [0.1, 0.15) is 0 Å². The topological polar surface area (TPSA) is 29.1 Å². The Balaban J connectivity index is 3.11. The van der Waals surface area contributed by atoms with Crippen molar-refractivity contribution in [3.63, 3.8) is 0 Å². The van der Waals surface area contributed by atoms with Gasteiger partial charge in [0.2, 0.25) is 0 Å². The molecule has 20 heavy (non-hydrogen) atoms. The summed E-state index contributed by atoms with van der Waals surface area (Å²) < 4.78 is 39.1. The molecule has 0 radical (unpaired) electrons. The number of hydrogen-bond donors (Lipinski definition) is 1. The Labute approximate surface area is 128 Å². The number of carbonyl (C=O) groups is 1. The fourth-order valence-electron chi connectivity index (χ4n) is 1.62. The third-order valence-electron chi connectivity index (χ3n) is 2.70. The highest BCUT2D eigenvalue weighted by atomic mass is 79.9. The number of nitrogens with one attached hydrogen (secondary N) is 1. The van der Waals surface area contributed by atoms with E-state index in [1.54, 1.807) is 13.8 Å². The second-order valence-corrected chi connectivity index (χ2v) is 6.26. The zero-order chi connectivity index (χ0) is 15.6. The van der Waals surface area contributed by atoms with Crippen LogP contribution < -0.4 is 5.32 Å². The van der Waals surface area contributed by atoms with Crippen molar-refractivity contribution < 1.29 is 18.0 Å². The van der Waals surface area contributed by atoms with E-state index in [0.29, 0.717) is 12.3 Å². The molecule has 0 atom stereocenters. The highest BCUT2D eigenvalue weighted by Gasteiger charge is 2.36. The van der Waals surface area contributed by atoms with Gasteiger partial charge in [0, 0.05) is 15.9 Å². The molecule has 0 fully saturated rings. The molecule has 0 aliphatic rings. The maximum absolute atomic E-state index is 12.9. The normalized spacial score (nSPS) is 12.3. The molecular weight excluding hydrogens is 358 g/mol. The smallest absolute Gasteiger partial charge is 0.347 e. The van der Waals surface area contributed by atoms with E-state index < -0.39 is 28.7 Å². The summed E-state index contributed by atoms with van der Waals surface area (Å²) in [7, 11) is 0. The molecule has 0 unspecified atom stereocenters. The molecule has 7 heteroatoms. The molecule has 2 nitrogen and oxygen atoms in total. The largest absolute Gasteiger partial charge is 0.417 e. The number of amides is 1. The lowest BCUT2D eigenvalue weighted by Crippen LogP contribution is -2.44. The number of halogens is 5. The summed E-state index contributed by atoms with van der Waals surface area (Å²) in [6.45, 7) is 3.42. The van der Waals surface area contributed by atoms with E-state index in [1.165, 1.54) is 6.07 Å². The van der Waals surface area contributed by atoms with Crippen LogP contribution in [0.3, 0.4) is 0 Å². The summed E-state index contributed by atoms with van der Waals surface area (Å²) in [4.78, 5) is 12.0. The van der Waals surface area contributed by atoms with Gasteiger partial charge in [-0.15, -0.1) is 11.6 Å². The first kappa shape index (κ1) is 17.3. The molecular formula is C13H14BrClF3NO. The first-order chi connectivity index (χ1) is 9.07. The average molecular weight is 373 g/mol. The molecule has 0 heterocycles. The minimum absolute atomic E-state index is 0.265. The van der Waals surface area contributed by atoms with Gasteiger partial charge in [-0.25, -0.2) is 0 Å². The lowest BCUT2D eigenvalue weighted by atomic mass is 9.99. The maximum Gasteiger partial charge on any atom is 0.417 e. The second kappa shape index (κ2) is 6.35. The van der Waals surface area contributed by atoms with Crippen LogP contribution >= 0.6 is 27.5 Å². The van der Waals surface area contributed by atoms with Crippen molar-refractivity contribution in [2.24, 2.45) is 0 Å². The summed E-state index contributed by atoms with van der Waals surface area (Å²) in [5.41, 5.74) is -2.04. The van der Waals surface area contributed by atoms with E-state index in [2.05, 4.69) is 21.2 Å². The summed E-state index contributed by atoms with van der Waals surface area (Å²) in [5, 5.41) is 2.57. The molecule has 0 saturated heterocycles. The summed E-state index contributed by atoms with van der Waals surface area (Å²) in [6.07, 6.45) is -4.13. The van der Waals surface area contributed by atoms with E-state index in [9.17, 15) is 18.0 Å². The van der Waals surface area contributed by atoms with Gasteiger partial charge in [0.05, 0.1) is 11.1 Å². The monoisotopic (exact) mass is 371 g/mol. The third kappa shape index (κ3) is 4.66. The molecule has 1 aromatic rings. The Morgan fingerprint density at radius 1 is 1.35 bits per heavy atom. The lowest BCUT2D eigenvalue weighted by Gasteiger charge is -2.26. The quantitative estimate of drug-likeness (QED) is 0.769. The number of benzene rings is 1. The predicted molar refractivity (Wildman–Crippen MR) is 76.0 cm³/mol. The van der Waals surface area contributed by atoms with Crippen LogP contribution in [-0.2, 0) is 6.18 Å². The van der Waals surface area contributed by atoms with Gasteiger partial charge in [-0.05, 0) is 38.5 Å². The lowest BCUT2D eigenvalue weighted by molar-refractivity contribution is -0.138. The van der Waals surface area contributed by atoms with Crippen molar-refractivity contribution >= 4 is 33.4 Å². The standard InChI is InChI=1S/C13H14BrClF3NO/c1-12(2,5-6-15)19-11(20)9-4-3-8(14)7-10(9)13(16,17)18/h3-4,7H,5-6H2,1-2H3,(H,19,20). The van der Waals surface area contributed by atoms with Crippen LogP contribution in [0.15, 0.2) is 22.7 Å². The predicted octanol–water partition coefficient (Wildman–Crippen LogP) is 4.61. The van der Waals surface area contributed by atoms with E-state index in [1.807, 2.05) is 0 Å². The summed E-state index contributed by atoms with van der Waals surface area (Å²) in [6, 6.07) is 3.45. The van der Waals surface area contributed by atoms with Gasteiger partial charge in [-0.3, -0.25) is 4.79 Å². The molecule has 0 bridgehead atoms. The van der Waals surface area contributed by atoms with E-state index in [-0.39, 0.29) is 4.47 Å². The maximum atomic E-state index is 12.9. The van der Waals surface area contributed by atoms with Crippen LogP contribution in [0.5, 0.6) is 0 Å². The zero-order valence-electron chi connectivity index (χ0n) is 10.9. The van der Waals surface area contributed by atoms with Gasteiger partial charge >= 0.3 is 6.18 Å². The highest BCUT2D eigenvalue weighted by molar-refractivity contribution is 9.10. The van der Waals surface area contributed by atoms with Crippen molar-refractivity contribution in [1.29, 1.82) is 0 Å². The Kier molecular flexibility index (Phi) is 5.49. The van der Waals surface area contributed by atoms with Crippen LogP contribution in [0.4, 0.5) is 13.2 Å². The van der Waals surface area contributed by atoms with Crippen LogP contribution in [0, 0.1) is 0 Å². The number of carbonyl (C=O) groups excluding carboxylic acids is 1. The molecule has 0 saturated carbocycles. The fraction of sp³-hybridized carbons (Fsp3) is 0.462. The van der Waals surface area contributed by atoms with Crippen LogP contribution in [0.25, 0.3) is 0 Å². The van der Waals surface area contributed by atoms with Crippen molar-refractivity contribution in [2.75, 3.05) is 5.88 Å². The van der Waals surface area contributed by atoms with Crippen LogP contribution in [0.2, 0.25) is 0 Å². The molecule has 1 aromatic carbocycles. The molecule has 112 valence electrons. The Morgan fingerprint density at radius 2 is 1.95 bits per heavy atom. The summed E-state index contributed by atoms with van der Waals surface area (Å²) in [5.74, 6) is -0.459. The molecule has 0 aliphatic heterocycles. The Bertz CT molecular complexity index is 503. The highest BCUT2D eigenvalue weighted by Crippen LogP contribution is 2.34. The number of hydrogen-bond acceptors (Lipinski definition) is 1. The second-order valence-electron chi connectivity index (χ2n) is 4.96. The summed E-state index contributed by atoms with van der Waals surface area (Å²) >= 11 is 8.58. The fourth-order valence-corrected chi connectivity index (χ4v) is 2.46. The van der Waals surface area contributed by atoms with Gasteiger partial charge in [0.25, 0.3) is 5.91 Å².